The van der Waals surface area contributed by atoms with E-state index in [0.29, 0.717) is 12.8 Å². The van der Waals surface area contributed by atoms with Gasteiger partial charge >= 0.3 is 5.97 Å². The van der Waals surface area contributed by atoms with Gasteiger partial charge in [0.2, 0.25) is 0 Å². The summed E-state index contributed by atoms with van der Waals surface area (Å²) in [7, 11) is 0. The molecule has 3 fully saturated rings. The molecule has 0 bridgehead atoms. The Balaban J connectivity index is 1.74. The third kappa shape index (κ3) is 3.29. The van der Waals surface area contributed by atoms with Crippen molar-refractivity contribution in [1.29, 1.82) is 0 Å². The number of allylic oxidation sites excluding steroid dienone is 4. The van der Waals surface area contributed by atoms with Gasteiger partial charge < -0.3 is 15.3 Å². The summed E-state index contributed by atoms with van der Waals surface area (Å²) in [4.78, 5) is 35.1. The Morgan fingerprint density at radius 1 is 1.18 bits per heavy atom. The lowest BCUT2D eigenvalue weighted by Gasteiger charge is -2.63. The lowest BCUT2D eigenvalue weighted by Crippen LogP contribution is -2.66. The van der Waals surface area contributed by atoms with Crippen LogP contribution in [-0.4, -0.2) is 61.5 Å². The van der Waals surface area contributed by atoms with E-state index in [1.807, 2.05) is 6.92 Å². The van der Waals surface area contributed by atoms with E-state index >= 15 is 4.39 Å². The lowest BCUT2D eigenvalue weighted by molar-refractivity contribution is -0.160. The standard InChI is InChI=1S/C23H26Cl3FO6/c1-21-8-16(25)23(26)11(5-14(27)12-6-15(28)13(24)7-22(12,23)2)9(21)3-4-10(21)17(29)18(30)19(31)20(32)33/h6-7,9-11,14,16,18-19,30-31H,3-5,8H2,1-2H3,(H,32,33)/t9-,10+,11-,14+,16-,18?,19?,21-,22-,23-/m0/s1. The van der Waals surface area contributed by atoms with Crippen molar-refractivity contribution in [3.05, 3.63) is 22.8 Å². The van der Waals surface area contributed by atoms with Gasteiger partial charge in [0.05, 0.1) is 15.3 Å². The fourth-order valence-corrected chi connectivity index (χ4v) is 8.63. The third-order valence-electron chi connectivity index (χ3n) is 8.83. The number of carbonyl (C=O) groups is 3. The van der Waals surface area contributed by atoms with Crippen molar-refractivity contribution in [2.45, 2.75) is 68.2 Å². The number of rotatable bonds is 4. The smallest absolute Gasteiger partial charge is 0.335 e. The van der Waals surface area contributed by atoms with Crippen LogP contribution in [0.1, 0.15) is 39.5 Å². The number of hydrogen-bond acceptors (Lipinski definition) is 5. The number of fused-ring (bicyclic) bond motifs is 5. The SMILES string of the molecule is C[C@]12C[C@H](Cl)[C@@]3(Cl)[C@@H](C[C@@H](F)C4=CC(=O)C(Cl)=C[C@@]43C)[C@@H]1CC[C@@H]2C(=O)C(O)C(O)C(=O)O. The molecule has 0 heterocycles. The highest BCUT2D eigenvalue weighted by Crippen LogP contribution is 2.71. The van der Waals surface area contributed by atoms with Crippen LogP contribution in [0.5, 0.6) is 0 Å². The zero-order valence-corrected chi connectivity index (χ0v) is 20.4. The Labute approximate surface area is 205 Å². The Hall–Kier alpha value is -0.990. The van der Waals surface area contributed by atoms with Crippen LogP contribution in [0.2, 0.25) is 0 Å². The van der Waals surface area contributed by atoms with Crippen LogP contribution in [0.3, 0.4) is 0 Å². The largest absolute Gasteiger partial charge is 0.479 e. The van der Waals surface area contributed by atoms with E-state index in [1.165, 1.54) is 12.2 Å². The molecule has 4 rings (SSSR count). The highest BCUT2D eigenvalue weighted by molar-refractivity contribution is 6.45. The van der Waals surface area contributed by atoms with Crippen LogP contribution in [0.25, 0.3) is 0 Å². The second kappa shape index (κ2) is 8.02. The summed E-state index contributed by atoms with van der Waals surface area (Å²) in [6.07, 6.45) is -1.91. The van der Waals surface area contributed by atoms with Crippen LogP contribution >= 0.6 is 34.8 Å². The minimum Gasteiger partial charge on any atom is -0.479 e. The molecule has 3 saturated carbocycles. The number of halogens is 4. The topological polar surface area (TPSA) is 112 Å². The maximum absolute atomic E-state index is 15.5. The van der Waals surface area contributed by atoms with Gasteiger partial charge in [0, 0.05) is 11.3 Å². The molecule has 3 N–H and O–H groups in total. The molecule has 0 radical (unpaired) electrons. The molecule has 10 atom stereocenters. The maximum Gasteiger partial charge on any atom is 0.335 e. The van der Waals surface area contributed by atoms with Crippen molar-refractivity contribution in [1.82, 2.24) is 0 Å². The molecule has 10 heteroatoms. The molecule has 4 aliphatic carbocycles. The molecule has 0 aromatic heterocycles. The van der Waals surface area contributed by atoms with Gasteiger partial charge in [-0.1, -0.05) is 25.4 Å². The summed E-state index contributed by atoms with van der Waals surface area (Å²) in [5, 5.41) is 28.1. The van der Waals surface area contributed by atoms with Gasteiger partial charge in [-0.15, -0.1) is 23.2 Å². The molecule has 0 aliphatic heterocycles. The Kier molecular flexibility index (Phi) is 6.10. The fraction of sp³-hybridized carbons (Fsp3) is 0.696. The number of ketones is 2. The molecule has 33 heavy (non-hydrogen) atoms. The Bertz CT molecular complexity index is 983. The van der Waals surface area contributed by atoms with Crippen molar-refractivity contribution in [3.8, 4) is 0 Å². The molecule has 2 unspecified atom stereocenters. The highest BCUT2D eigenvalue weighted by Gasteiger charge is 2.71. The second-order valence-electron chi connectivity index (χ2n) is 10.3. The number of aliphatic hydroxyl groups excluding tert-OH is 2. The number of carboxylic acid groups (broad SMARTS) is 1. The van der Waals surface area contributed by atoms with E-state index in [-0.39, 0.29) is 29.4 Å². The zero-order valence-electron chi connectivity index (χ0n) is 18.1. The number of carboxylic acids is 1. The summed E-state index contributed by atoms with van der Waals surface area (Å²) < 4.78 is 15.5. The summed E-state index contributed by atoms with van der Waals surface area (Å²) in [6.45, 7) is 3.58. The first kappa shape index (κ1) is 25.1. The monoisotopic (exact) mass is 522 g/mol. The van der Waals surface area contributed by atoms with Gasteiger partial charge in [0.1, 0.15) is 12.3 Å². The Morgan fingerprint density at radius 2 is 1.82 bits per heavy atom. The predicted octanol–water partition coefficient (Wildman–Crippen LogP) is 3.38. The van der Waals surface area contributed by atoms with Gasteiger partial charge in [-0.2, -0.15) is 0 Å². The fourth-order valence-electron chi connectivity index (χ4n) is 7.15. The van der Waals surface area contributed by atoms with E-state index in [9.17, 15) is 24.6 Å². The van der Waals surface area contributed by atoms with E-state index in [2.05, 4.69) is 0 Å². The van der Waals surface area contributed by atoms with Crippen molar-refractivity contribution in [2.75, 3.05) is 0 Å². The van der Waals surface area contributed by atoms with Gasteiger partial charge in [0.25, 0.3) is 0 Å². The van der Waals surface area contributed by atoms with Gasteiger partial charge in [-0.05, 0) is 60.7 Å². The molecule has 0 aromatic carbocycles. The summed E-state index contributed by atoms with van der Waals surface area (Å²) >= 11 is 20.4. The van der Waals surface area contributed by atoms with Gasteiger partial charge in [-0.3, -0.25) is 9.59 Å². The van der Waals surface area contributed by atoms with Crippen molar-refractivity contribution in [2.24, 2.45) is 28.6 Å². The molecular formula is C23H26Cl3FO6. The predicted molar refractivity (Wildman–Crippen MR) is 120 cm³/mol. The number of hydrogen-bond donors (Lipinski definition) is 3. The minimum absolute atomic E-state index is 0.0222. The average molecular weight is 524 g/mol. The number of carbonyl (C=O) groups excluding carboxylic acids is 2. The number of alkyl halides is 3. The molecule has 4 aliphatic rings. The minimum atomic E-state index is -2.23. The van der Waals surface area contributed by atoms with Crippen LogP contribution in [0.4, 0.5) is 4.39 Å². The van der Waals surface area contributed by atoms with E-state index < -0.39 is 68.8 Å². The van der Waals surface area contributed by atoms with Crippen LogP contribution in [0.15, 0.2) is 22.8 Å². The van der Waals surface area contributed by atoms with Crippen LogP contribution < -0.4 is 0 Å². The summed E-state index contributed by atoms with van der Waals surface area (Å²) in [6, 6.07) is 0. The first-order chi connectivity index (χ1) is 15.2. The molecule has 0 spiro atoms. The van der Waals surface area contributed by atoms with Gasteiger partial charge in [-0.25, -0.2) is 9.18 Å². The van der Waals surface area contributed by atoms with E-state index in [1.54, 1.807) is 6.92 Å². The first-order valence-electron chi connectivity index (χ1n) is 10.9. The highest BCUT2D eigenvalue weighted by atomic mass is 35.5. The molecule has 0 saturated heterocycles. The Morgan fingerprint density at radius 3 is 2.42 bits per heavy atom. The lowest BCUT2D eigenvalue weighted by atomic mass is 9.46. The summed E-state index contributed by atoms with van der Waals surface area (Å²) in [5.41, 5.74) is -1.64. The number of aliphatic hydroxyl groups is 2. The van der Waals surface area contributed by atoms with Crippen molar-refractivity contribution in [3.63, 3.8) is 0 Å². The molecule has 6 nitrogen and oxygen atoms in total. The quantitative estimate of drug-likeness (QED) is 0.487. The second-order valence-corrected chi connectivity index (χ2v) is 11.8. The van der Waals surface area contributed by atoms with Gasteiger partial charge in [0.15, 0.2) is 17.7 Å². The van der Waals surface area contributed by atoms with Crippen LogP contribution in [0, 0.1) is 28.6 Å². The molecule has 0 aromatic rings. The first-order valence-corrected chi connectivity index (χ1v) is 12.1. The van der Waals surface area contributed by atoms with E-state index in [0.717, 1.165) is 0 Å². The van der Waals surface area contributed by atoms with E-state index in [4.69, 9.17) is 39.9 Å². The number of aliphatic carboxylic acids is 1. The molecule has 0 amide bonds. The maximum atomic E-state index is 15.5. The number of Topliss-reactive ketones (excluding diaryl/α,β-unsaturated/α-hetero) is 1. The van der Waals surface area contributed by atoms with Crippen molar-refractivity contribution < 1.29 is 34.1 Å². The zero-order chi connectivity index (χ0) is 24.7. The molecule has 182 valence electrons. The molecular weight excluding hydrogens is 498 g/mol. The van der Waals surface area contributed by atoms with Crippen molar-refractivity contribution >= 4 is 52.3 Å². The average Bonchev–Trinajstić information content (AvgIpc) is 3.07. The normalized spacial score (nSPS) is 46.3. The third-order valence-corrected chi connectivity index (χ3v) is 10.7. The van der Waals surface area contributed by atoms with Crippen LogP contribution in [-0.2, 0) is 14.4 Å². The summed E-state index contributed by atoms with van der Waals surface area (Å²) in [5.74, 6) is -4.39.